The fourth-order valence-corrected chi connectivity index (χ4v) is 1.85. The Hall–Kier alpha value is -1.88. The molecule has 0 atom stereocenters. The molecule has 0 fully saturated rings. The molecule has 0 aromatic heterocycles. The number of esters is 2. The van der Waals surface area contributed by atoms with E-state index < -0.39 is 17.8 Å². The predicted octanol–water partition coefficient (Wildman–Crippen LogP) is 3.38. The van der Waals surface area contributed by atoms with E-state index in [0.717, 1.165) is 6.07 Å². The highest BCUT2D eigenvalue weighted by atomic mass is 35.5. The van der Waals surface area contributed by atoms with Crippen LogP contribution >= 0.6 is 11.6 Å². The summed E-state index contributed by atoms with van der Waals surface area (Å²) in [5.41, 5.74) is 0.535. The van der Waals surface area contributed by atoms with Crippen LogP contribution in [0.5, 0.6) is 0 Å². The maximum atomic E-state index is 13.2. The number of hydrogen-bond donors (Lipinski definition) is 0. The lowest BCUT2D eigenvalue weighted by Crippen LogP contribution is -2.19. The lowest BCUT2D eigenvalue weighted by molar-refractivity contribution is -0.146. The summed E-state index contributed by atoms with van der Waals surface area (Å²) in [6, 6.07) is 3.93. The Bertz CT molecular complexity index is 561. The molecule has 114 valence electrons. The fourth-order valence-electron chi connectivity index (χ4n) is 1.67. The zero-order valence-corrected chi connectivity index (χ0v) is 12.8. The van der Waals surface area contributed by atoms with Gasteiger partial charge in [-0.3, -0.25) is 0 Å². The molecule has 0 radical (unpaired) electrons. The molecule has 4 nitrogen and oxygen atoms in total. The largest absolute Gasteiger partial charge is 0.462 e. The molecule has 0 N–H and O–H groups in total. The second-order valence-electron chi connectivity index (χ2n) is 4.07. The minimum absolute atomic E-state index is 0.0982. The smallest absolute Gasteiger partial charge is 0.345 e. The summed E-state index contributed by atoms with van der Waals surface area (Å²) in [5.74, 6) is -2.15. The van der Waals surface area contributed by atoms with Crippen LogP contribution in [-0.4, -0.2) is 25.2 Å². The van der Waals surface area contributed by atoms with Crippen LogP contribution in [0.4, 0.5) is 4.39 Å². The number of benzene rings is 1. The highest BCUT2D eigenvalue weighted by Crippen LogP contribution is 2.25. The van der Waals surface area contributed by atoms with Gasteiger partial charge in [0.1, 0.15) is 11.4 Å². The van der Waals surface area contributed by atoms with Crippen LogP contribution in [0.25, 0.3) is 5.57 Å². The molecule has 0 aliphatic carbocycles. The summed E-state index contributed by atoms with van der Waals surface area (Å²) >= 11 is 5.71. The molecule has 0 spiro atoms. The number of rotatable bonds is 5. The summed E-state index contributed by atoms with van der Waals surface area (Å²) < 4.78 is 22.9. The molecule has 0 amide bonds. The molecule has 6 heteroatoms. The van der Waals surface area contributed by atoms with Gasteiger partial charge in [-0.25, -0.2) is 14.0 Å². The van der Waals surface area contributed by atoms with Gasteiger partial charge in [0.15, 0.2) is 0 Å². The molecule has 0 aliphatic heterocycles. The van der Waals surface area contributed by atoms with Crippen LogP contribution < -0.4 is 0 Å². The van der Waals surface area contributed by atoms with Crippen molar-refractivity contribution in [2.75, 3.05) is 13.2 Å². The van der Waals surface area contributed by atoms with E-state index in [4.69, 9.17) is 21.1 Å². The Morgan fingerprint density at radius 1 is 1.14 bits per heavy atom. The van der Waals surface area contributed by atoms with Crippen LogP contribution in [-0.2, 0) is 19.1 Å². The molecule has 1 aromatic rings. The highest BCUT2D eigenvalue weighted by molar-refractivity contribution is 6.31. The number of halogens is 2. The molecular weight excluding hydrogens is 299 g/mol. The molecule has 0 saturated heterocycles. The molecule has 0 saturated carbocycles. The van der Waals surface area contributed by atoms with E-state index in [1.165, 1.54) is 12.1 Å². The second kappa shape index (κ2) is 7.78. The topological polar surface area (TPSA) is 52.6 Å². The minimum Gasteiger partial charge on any atom is -0.462 e. The molecule has 0 unspecified atom stereocenters. The highest BCUT2D eigenvalue weighted by Gasteiger charge is 2.24. The average molecular weight is 315 g/mol. The SMILES string of the molecule is CCOC(=O)C(C(=O)OCC)=C(C)c1ccc(F)c(Cl)c1. The standard InChI is InChI=1S/C15H16ClFO4/c1-4-20-14(18)13(15(19)21-5-2)9(3)10-6-7-12(17)11(16)8-10/h6-8H,4-5H2,1-3H3. The van der Waals surface area contributed by atoms with Crippen LogP contribution in [0.3, 0.4) is 0 Å². The molecule has 0 aliphatic rings. The van der Waals surface area contributed by atoms with Crippen molar-refractivity contribution in [1.29, 1.82) is 0 Å². The maximum Gasteiger partial charge on any atom is 0.345 e. The first-order valence-corrected chi connectivity index (χ1v) is 6.80. The number of allylic oxidation sites excluding steroid dienone is 1. The van der Waals surface area contributed by atoms with Crippen molar-refractivity contribution in [2.24, 2.45) is 0 Å². The zero-order chi connectivity index (χ0) is 16.0. The Morgan fingerprint density at radius 3 is 2.10 bits per heavy atom. The van der Waals surface area contributed by atoms with Gasteiger partial charge in [-0.2, -0.15) is 0 Å². The second-order valence-corrected chi connectivity index (χ2v) is 4.48. The quantitative estimate of drug-likeness (QED) is 0.362. The summed E-state index contributed by atoms with van der Waals surface area (Å²) in [6.07, 6.45) is 0. The van der Waals surface area contributed by atoms with E-state index in [-0.39, 0.29) is 23.8 Å². The Kier molecular flexibility index (Phi) is 6.37. The number of hydrogen-bond acceptors (Lipinski definition) is 4. The van der Waals surface area contributed by atoms with E-state index in [1.807, 2.05) is 0 Å². The Morgan fingerprint density at radius 2 is 1.67 bits per heavy atom. The molecule has 21 heavy (non-hydrogen) atoms. The lowest BCUT2D eigenvalue weighted by Gasteiger charge is -2.11. The maximum absolute atomic E-state index is 13.2. The van der Waals surface area contributed by atoms with Gasteiger partial charge in [-0.05, 0) is 44.0 Å². The van der Waals surface area contributed by atoms with E-state index >= 15 is 0 Å². The molecule has 0 bridgehead atoms. The lowest BCUT2D eigenvalue weighted by atomic mass is 10.0. The fraction of sp³-hybridized carbons (Fsp3) is 0.333. The third-order valence-corrected chi connectivity index (χ3v) is 2.98. The van der Waals surface area contributed by atoms with Gasteiger partial charge < -0.3 is 9.47 Å². The summed E-state index contributed by atoms with van der Waals surface area (Å²) in [7, 11) is 0. The van der Waals surface area contributed by atoms with E-state index in [9.17, 15) is 14.0 Å². The van der Waals surface area contributed by atoms with E-state index in [0.29, 0.717) is 11.1 Å². The van der Waals surface area contributed by atoms with Crippen molar-refractivity contribution in [1.82, 2.24) is 0 Å². The predicted molar refractivity (Wildman–Crippen MR) is 77.3 cm³/mol. The first-order chi connectivity index (χ1) is 9.92. The first kappa shape index (κ1) is 17.2. The van der Waals surface area contributed by atoms with Gasteiger partial charge >= 0.3 is 11.9 Å². The Balaban J connectivity index is 3.33. The number of carbonyl (C=O) groups excluding carboxylic acids is 2. The third kappa shape index (κ3) is 4.29. The van der Waals surface area contributed by atoms with Gasteiger partial charge in [-0.15, -0.1) is 0 Å². The van der Waals surface area contributed by atoms with Crippen LogP contribution in [0.1, 0.15) is 26.3 Å². The minimum atomic E-state index is -0.783. The Labute approximate surface area is 127 Å². The van der Waals surface area contributed by atoms with Crippen molar-refractivity contribution >= 4 is 29.1 Å². The molecular formula is C15H16ClFO4. The molecule has 1 aromatic carbocycles. The van der Waals surface area contributed by atoms with E-state index in [2.05, 4.69) is 0 Å². The summed E-state index contributed by atoms with van der Waals surface area (Å²) in [4.78, 5) is 23.9. The van der Waals surface area contributed by atoms with Gasteiger partial charge in [-0.1, -0.05) is 17.7 Å². The van der Waals surface area contributed by atoms with Crippen LogP contribution in [0.2, 0.25) is 5.02 Å². The van der Waals surface area contributed by atoms with Crippen LogP contribution in [0.15, 0.2) is 23.8 Å². The average Bonchev–Trinajstić information content (AvgIpc) is 2.42. The van der Waals surface area contributed by atoms with Crippen molar-refractivity contribution in [3.05, 3.63) is 40.2 Å². The van der Waals surface area contributed by atoms with Gasteiger partial charge in [0.25, 0.3) is 0 Å². The van der Waals surface area contributed by atoms with E-state index in [1.54, 1.807) is 20.8 Å². The first-order valence-electron chi connectivity index (χ1n) is 6.42. The third-order valence-electron chi connectivity index (χ3n) is 2.69. The van der Waals surface area contributed by atoms with Gasteiger partial charge in [0.2, 0.25) is 0 Å². The summed E-state index contributed by atoms with van der Waals surface area (Å²) in [5, 5.41) is -0.0982. The van der Waals surface area contributed by atoms with Gasteiger partial charge in [0.05, 0.1) is 18.2 Å². The van der Waals surface area contributed by atoms with Crippen molar-refractivity contribution in [3.8, 4) is 0 Å². The molecule has 0 heterocycles. The zero-order valence-electron chi connectivity index (χ0n) is 12.0. The monoisotopic (exact) mass is 314 g/mol. The van der Waals surface area contributed by atoms with Crippen LogP contribution in [0, 0.1) is 5.82 Å². The number of ether oxygens (including phenoxy) is 2. The van der Waals surface area contributed by atoms with Crippen molar-refractivity contribution < 1.29 is 23.5 Å². The normalized spacial score (nSPS) is 9.95. The summed E-state index contributed by atoms with van der Waals surface area (Å²) in [6.45, 7) is 5.06. The number of carbonyl (C=O) groups is 2. The molecule has 1 rings (SSSR count). The van der Waals surface area contributed by atoms with Gasteiger partial charge in [0, 0.05) is 0 Å². The van der Waals surface area contributed by atoms with Crippen molar-refractivity contribution in [3.63, 3.8) is 0 Å². The van der Waals surface area contributed by atoms with Crippen molar-refractivity contribution in [2.45, 2.75) is 20.8 Å².